The number of primary amides is 1. The number of carbonyl (C=O) groups excluding carboxylic acids is 1. The normalized spacial score (nSPS) is 41.0. The Morgan fingerprint density at radius 2 is 2.46 bits per heavy atom. The summed E-state index contributed by atoms with van der Waals surface area (Å²) in [6.07, 6.45) is 7.04. The van der Waals surface area contributed by atoms with Gasteiger partial charge in [-0.15, -0.1) is 0 Å². The second-order valence-corrected chi connectivity index (χ2v) is 4.56. The summed E-state index contributed by atoms with van der Waals surface area (Å²) in [6, 6.07) is -0.409. The van der Waals surface area contributed by atoms with Gasteiger partial charge >= 0.3 is 6.03 Å². The van der Waals surface area contributed by atoms with Crippen LogP contribution in [-0.4, -0.2) is 12.6 Å². The van der Waals surface area contributed by atoms with Crippen molar-refractivity contribution in [2.24, 2.45) is 23.0 Å². The molecule has 1 fully saturated rings. The summed E-state index contributed by atoms with van der Waals surface area (Å²) in [5.41, 5.74) is 5.30. The minimum atomic E-state index is -0.409. The molecule has 2 rings (SSSR count). The zero-order valence-corrected chi connectivity index (χ0v) is 7.92. The molecule has 13 heavy (non-hydrogen) atoms. The van der Waals surface area contributed by atoms with Crippen molar-refractivity contribution < 1.29 is 4.79 Å². The Balaban J connectivity index is 1.98. The van der Waals surface area contributed by atoms with E-state index in [1.807, 2.05) is 0 Å². The Kier molecular flexibility index (Phi) is 1.82. The van der Waals surface area contributed by atoms with E-state index in [1.165, 1.54) is 12.8 Å². The van der Waals surface area contributed by atoms with Crippen molar-refractivity contribution in [2.45, 2.75) is 19.8 Å². The van der Waals surface area contributed by atoms with E-state index >= 15 is 0 Å². The lowest BCUT2D eigenvalue weighted by Crippen LogP contribution is -2.40. The van der Waals surface area contributed by atoms with E-state index in [-0.39, 0.29) is 5.41 Å². The van der Waals surface area contributed by atoms with Crippen LogP contribution in [0.3, 0.4) is 0 Å². The molecule has 0 aromatic carbocycles. The fourth-order valence-corrected chi connectivity index (χ4v) is 2.69. The number of urea groups is 1. The van der Waals surface area contributed by atoms with Crippen LogP contribution in [0, 0.1) is 17.3 Å². The van der Waals surface area contributed by atoms with Gasteiger partial charge in [0.2, 0.25) is 0 Å². The largest absolute Gasteiger partial charge is 0.352 e. The molecule has 3 atom stereocenters. The summed E-state index contributed by atoms with van der Waals surface area (Å²) in [5, 5.41) is 2.72. The molecule has 0 aromatic rings. The first kappa shape index (κ1) is 8.60. The van der Waals surface area contributed by atoms with Gasteiger partial charge in [-0.3, -0.25) is 0 Å². The molecule has 3 N–H and O–H groups in total. The first-order chi connectivity index (χ1) is 6.10. The first-order valence-electron chi connectivity index (χ1n) is 4.82. The van der Waals surface area contributed by atoms with Crippen molar-refractivity contribution in [1.82, 2.24) is 5.32 Å². The molecule has 2 bridgehead atoms. The topological polar surface area (TPSA) is 55.1 Å². The van der Waals surface area contributed by atoms with Crippen LogP contribution in [0.25, 0.3) is 0 Å². The molecule has 2 aliphatic rings. The van der Waals surface area contributed by atoms with E-state index in [9.17, 15) is 4.79 Å². The van der Waals surface area contributed by atoms with E-state index in [1.54, 1.807) is 0 Å². The van der Waals surface area contributed by atoms with E-state index in [2.05, 4.69) is 24.4 Å². The molecule has 0 aromatic heterocycles. The summed E-state index contributed by atoms with van der Waals surface area (Å²) >= 11 is 0. The van der Waals surface area contributed by atoms with Crippen molar-refractivity contribution in [3.63, 3.8) is 0 Å². The third kappa shape index (κ3) is 1.43. The quantitative estimate of drug-likeness (QED) is 0.617. The zero-order valence-electron chi connectivity index (χ0n) is 7.92. The fourth-order valence-electron chi connectivity index (χ4n) is 2.69. The summed E-state index contributed by atoms with van der Waals surface area (Å²) in [5.74, 6) is 1.38. The van der Waals surface area contributed by atoms with Gasteiger partial charge in [0.05, 0.1) is 0 Å². The molecule has 0 unspecified atom stereocenters. The molecule has 72 valence electrons. The number of rotatable bonds is 2. The molecule has 3 nitrogen and oxygen atoms in total. The van der Waals surface area contributed by atoms with Crippen molar-refractivity contribution in [3.05, 3.63) is 12.2 Å². The minimum absolute atomic E-state index is 0.244. The van der Waals surface area contributed by atoms with Crippen LogP contribution in [0.4, 0.5) is 4.79 Å². The van der Waals surface area contributed by atoms with Crippen LogP contribution in [0.15, 0.2) is 12.2 Å². The van der Waals surface area contributed by atoms with Crippen molar-refractivity contribution in [1.29, 1.82) is 0 Å². The van der Waals surface area contributed by atoms with Crippen molar-refractivity contribution >= 4 is 6.03 Å². The summed E-state index contributed by atoms with van der Waals surface area (Å²) in [6.45, 7) is 2.95. The predicted molar refractivity (Wildman–Crippen MR) is 51.0 cm³/mol. The van der Waals surface area contributed by atoms with Crippen LogP contribution in [-0.2, 0) is 0 Å². The maximum Gasteiger partial charge on any atom is 0.312 e. The molecule has 0 aliphatic heterocycles. The summed E-state index contributed by atoms with van der Waals surface area (Å²) in [4.78, 5) is 10.6. The van der Waals surface area contributed by atoms with E-state index in [4.69, 9.17) is 5.73 Å². The van der Waals surface area contributed by atoms with Crippen LogP contribution in [0.5, 0.6) is 0 Å². The summed E-state index contributed by atoms with van der Waals surface area (Å²) < 4.78 is 0. The highest BCUT2D eigenvalue weighted by atomic mass is 16.2. The Morgan fingerprint density at radius 3 is 2.92 bits per heavy atom. The van der Waals surface area contributed by atoms with Gasteiger partial charge in [-0.25, -0.2) is 4.79 Å². The van der Waals surface area contributed by atoms with E-state index in [0.717, 1.165) is 5.92 Å². The number of hydrogen-bond donors (Lipinski definition) is 2. The van der Waals surface area contributed by atoms with Crippen LogP contribution < -0.4 is 11.1 Å². The fraction of sp³-hybridized carbons (Fsp3) is 0.700. The van der Waals surface area contributed by atoms with E-state index in [0.29, 0.717) is 12.5 Å². The lowest BCUT2D eigenvalue weighted by atomic mass is 9.77. The van der Waals surface area contributed by atoms with Gasteiger partial charge in [-0.2, -0.15) is 0 Å². The maximum absolute atomic E-state index is 10.6. The number of amides is 2. The Labute approximate surface area is 78.4 Å². The number of allylic oxidation sites excluding steroid dienone is 2. The van der Waals surface area contributed by atoms with Crippen molar-refractivity contribution in [3.8, 4) is 0 Å². The Bertz CT molecular complexity index is 262. The van der Waals surface area contributed by atoms with Gasteiger partial charge in [-0.1, -0.05) is 19.1 Å². The standard InChI is InChI=1S/C10H16N2O/c1-10(6-12-9(11)13)5-7-2-3-8(10)4-7/h2-3,7-8H,4-6H2,1H3,(H3,11,12,13)/t7-,8+,10-/m0/s1. The highest BCUT2D eigenvalue weighted by Crippen LogP contribution is 2.51. The lowest BCUT2D eigenvalue weighted by Gasteiger charge is -2.31. The SMILES string of the molecule is C[C@@]1(CNC(N)=O)C[C@H]2C=C[C@@H]1C2. The average molecular weight is 180 g/mol. The van der Waals surface area contributed by atoms with Crippen LogP contribution >= 0.6 is 0 Å². The molecule has 0 spiro atoms. The van der Waals surface area contributed by atoms with Gasteiger partial charge in [0.1, 0.15) is 0 Å². The third-order valence-corrected chi connectivity index (χ3v) is 3.46. The smallest absolute Gasteiger partial charge is 0.312 e. The number of hydrogen-bond acceptors (Lipinski definition) is 1. The molecule has 2 amide bonds. The Hall–Kier alpha value is -0.990. The van der Waals surface area contributed by atoms with E-state index < -0.39 is 6.03 Å². The van der Waals surface area contributed by atoms with Gasteiger partial charge in [0.15, 0.2) is 0 Å². The molecule has 2 aliphatic carbocycles. The van der Waals surface area contributed by atoms with Crippen LogP contribution in [0.2, 0.25) is 0 Å². The van der Waals surface area contributed by atoms with Gasteiger partial charge in [-0.05, 0) is 30.1 Å². The average Bonchev–Trinajstić information content (AvgIpc) is 2.60. The second kappa shape index (κ2) is 2.76. The lowest BCUT2D eigenvalue weighted by molar-refractivity contribution is 0.225. The zero-order chi connectivity index (χ0) is 9.47. The number of nitrogens with two attached hydrogens (primary N) is 1. The highest BCUT2D eigenvalue weighted by Gasteiger charge is 2.44. The highest BCUT2D eigenvalue weighted by molar-refractivity contribution is 5.71. The molecule has 3 heteroatoms. The van der Waals surface area contributed by atoms with Gasteiger partial charge in [0.25, 0.3) is 0 Å². The second-order valence-electron chi connectivity index (χ2n) is 4.56. The van der Waals surface area contributed by atoms with Gasteiger partial charge in [0, 0.05) is 6.54 Å². The van der Waals surface area contributed by atoms with Crippen LogP contribution in [0.1, 0.15) is 19.8 Å². The molecule has 0 radical (unpaired) electrons. The molecule has 0 heterocycles. The molecule has 1 saturated carbocycles. The summed E-state index contributed by atoms with van der Waals surface area (Å²) in [7, 11) is 0. The molecule has 0 saturated heterocycles. The maximum atomic E-state index is 10.6. The monoisotopic (exact) mass is 180 g/mol. The van der Waals surface area contributed by atoms with Crippen molar-refractivity contribution in [2.75, 3.05) is 6.54 Å². The Morgan fingerprint density at radius 1 is 1.69 bits per heavy atom. The molecular formula is C10H16N2O. The minimum Gasteiger partial charge on any atom is -0.352 e. The molecular weight excluding hydrogens is 164 g/mol. The predicted octanol–water partition coefficient (Wildman–Crippen LogP) is 1.26. The number of carbonyl (C=O) groups is 1. The first-order valence-corrected chi connectivity index (χ1v) is 4.82. The third-order valence-electron chi connectivity index (χ3n) is 3.46. The number of fused-ring (bicyclic) bond motifs is 2. The van der Waals surface area contributed by atoms with Gasteiger partial charge < -0.3 is 11.1 Å². The number of nitrogens with one attached hydrogen (secondary N) is 1.